The quantitative estimate of drug-likeness (QED) is 0.419. The second kappa shape index (κ2) is 9.35. The number of carboxylic acids is 1. The number of nitrogens with zero attached hydrogens (tertiary/aromatic N) is 1. The van der Waals surface area contributed by atoms with Crippen LogP contribution in [0.15, 0.2) is 78.5 Å². The van der Waals surface area contributed by atoms with Gasteiger partial charge in [0.15, 0.2) is 0 Å². The van der Waals surface area contributed by atoms with Crippen LogP contribution in [0.3, 0.4) is 0 Å². The molecule has 7 nitrogen and oxygen atoms in total. The molecule has 2 N–H and O–H groups in total. The molecule has 0 saturated carbocycles. The van der Waals surface area contributed by atoms with Crippen LogP contribution in [0.2, 0.25) is 0 Å². The Morgan fingerprint density at radius 2 is 1.64 bits per heavy atom. The van der Waals surface area contributed by atoms with Gasteiger partial charge in [-0.2, -0.15) is 0 Å². The highest BCUT2D eigenvalue weighted by molar-refractivity contribution is 6.14. The molecule has 0 bridgehead atoms. The highest BCUT2D eigenvalue weighted by atomic mass is 19.1. The summed E-state index contributed by atoms with van der Waals surface area (Å²) in [6.07, 6.45) is 1.54. The second-order valence-electron chi connectivity index (χ2n) is 7.33. The van der Waals surface area contributed by atoms with Crippen molar-refractivity contribution in [1.82, 2.24) is 10.2 Å². The summed E-state index contributed by atoms with van der Waals surface area (Å²) in [4.78, 5) is 37.1. The van der Waals surface area contributed by atoms with Gasteiger partial charge in [-0.15, -0.1) is 0 Å². The summed E-state index contributed by atoms with van der Waals surface area (Å²) in [6.45, 7) is 0.212. The van der Waals surface area contributed by atoms with E-state index in [-0.39, 0.29) is 24.4 Å². The molecule has 3 aromatic carbocycles. The van der Waals surface area contributed by atoms with Gasteiger partial charge in [0.25, 0.3) is 5.91 Å². The van der Waals surface area contributed by atoms with E-state index in [4.69, 9.17) is 9.84 Å². The summed E-state index contributed by atoms with van der Waals surface area (Å²) < 4.78 is 19.0. The van der Waals surface area contributed by atoms with Crippen molar-refractivity contribution in [1.29, 1.82) is 0 Å². The lowest BCUT2D eigenvalue weighted by molar-refractivity contribution is -0.123. The number of carboxylic acid groups (broad SMARTS) is 1. The summed E-state index contributed by atoms with van der Waals surface area (Å²) in [7, 11) is 0. The minimum absolute atomic E-state index is 0.0206. The van der Waals surface area contributed by atoms with Crippen LogP contribution in [0.4, 0.5) is 9.18 Å². The Morgan fingerprint density at radius 1 is 0.970 bits per heavy atom. The number of hydrogen-bond donors (Lipinski definition) is 2. The summed E-state index contributed by atoms with van der Waals surface area (Å²) in [6, 6.07) is 18.4. The highest BCUT2D eigenvalue weighted by Crippen LogP contribution is 2.24. The lowest BCUT2D eigenvalue weighted by atomic mass is 10.1. The number of amides is 3. The zero-order valence-corrected chi connectivity index (χ0v) is 17.3. The highest BCUT2D eigenvalue weighted by Gasteiger charge is 2.33. The smallest absolute Gasteiger partial charge is 0.335 e. The van der Waals surface area contributed by atoms with Crippen molar-refractivity contribution in [2.75, 3.05) is 0 Å². The van der Waals surface area contributed by atoms with Crippen LogP contribution in [-0.4, -0.2) is 27.9 Å². The van der Waals surface area contributed by atoms with Crippen molar-refractivity contribution in [3.63, 3.8) is 0 Å². The first kappa shape index (κ1) is 21.8. The minimum atomic E-state index is -1.00. The molecule has 1 aliphatic rings. The number of urea groups is 1. The SMILES string of the molecule is O=C(O)c1ccc(COc2ccccc2C=C2NC(=O)N(Cc3ccc(F)cc3)C2=O)cc1. The average Bonchev–Trinajstić information content (AvgIpc) is 3.07. The van der Waals surface area contributed by atoms with Gasteiger partial charge in [0.2, 0.25) is 0 Å². The van der Waals surface area contributed by atoms with Crippen LogP contribution in [0, 0.1) is 5.82 Å². The molecule has 1 saturated heterocycles. The lowest BCUT2D eigenvalue weighted by Crippen LogP contribution is -2.30. The summed E-state index contributed by atoms with van der Waals surface area (Å²) in [5, 5.41) is 11.6. The summed E-state index contributed by atoms with van der Waals surface area (Å²) >= 11 is 0. The van der Waals surface area contributed by atoms with Crippen LogP contribution < -0.4 is 10.1 Å². The third kappa shape index (κ3) is 5.07. The van der Waals surface area contributed by atoms with Crippen molar-refractivity contribution in [2.24, 2.45) is 0 Å². The van der Waals surface area contributed by atoms with Crippen LogP contribution in [-0.2, 0) is 17.9 Å². The van der Waals surface area contributed by atoms with Crippen molar-refractivity contribution < 1.29 is 28.6 Å². The van der Waals surface area contributed by atoms with Gasteiger partial charge < -0.3 is 15.2 Å². The Labute approximate surface area is 188 Å². The number of imide groups is 1. The zero-order chi connectivity index (χ0) is 23.4. The van der Waals surface area contributed by atoms with Gasteiger partial charge in [-0.05, 0) is 47.5 Å². The Hall–Kier alpha value is -4.46. The maximum absolute atomic E-state index is 13.1. The Kier molecular flexibility index (Phi) is 6.17. The molecule has 166 valence electrons. The maximum atomic E-state index is 13.1. The van der Waals surface area contributed by atoms with Gasteiger partial charge in [-0.1, -0.05) is 42.5 Å². The Morgan fingerprint density at radius 3 is 2.33 bits per heavy atom. The van der Waals surface area contributed by atoms with E-state index in [0.717, 1.165) is 10.5 Å². The van der Waals surface area contributed by atoms with E-state index in [1.165, 1.54) is 42.5 Å². The van der Waals surface area contributed by atoms with E-state index in [1.54, 1.807) is 36.4 Å². The largest absolute Gasteiger partial charge is 0.488 e. The van der Waals surface area contributed by atoms with E-state index < -0.39 is 23.7 Å². The number of carbonyl (C=O) groups excluding carboxylic acids is 2. The molecule has 1 aliphatic heterocycles. The number of nitrogens with one attached hydrogen (secondary N) is 1. The second-order valence-corrected chi connectivity index (χ2v) is 7.33. The number of halogens is 1. The minimum Gasteiger partial charge on any atom is -0.488 e. The molecule has 0 atom stereocenters. The zero-order valence-electron chi connectivity index (χ0n) is 17.3. The number of hydrogen-bond acceptors (Lipinski definition) is 4. The third-order valence-corrected chi connectivity index (χ3v) is 5.03. The fourth-order valence-electron chi connectivity index (χ4n) is 3.28. The first-order chi connectivity index (χ1) is 15.9. The summed E-state index contributed by atoms with van der Waals surface area (Å²) in [5.41, 5.74) is 2.28. The first-order valence-electron chi connectivity index (χ1n) is 10.0. The topological polar surface area (TPSA) is 95.9 Å². The molecule has 0 aromatic heterocycles. The number of aromatic carboxylic acids is 1. The van der Waals surface area contributed by atoms with Gasteiger partial charge >= 0.3 is 12.0 Å². The number of rotatable bonds is 7. The average molecular weight is 446 g/mol. The molecule has 4 rings (SSSR count). The van der Waals surface area contributed by atoms with Crippen molar-refractivity contribution in [3.05, 3.63) is 107 Å². The van der Waals surface area contributed by atoms with Gasteiger partial charge in [0.1, 0.15) is 23.9 Å². The van der Waals surface area contributed by atoms with Gasteiger partial charge in [0, 0.05) is 5.56 Å². The number of benzene rings is 3. The van der Waals surface area contributed by atoms with Crippen LogP contribution in [0.5, 0.6) is 5.75 Å². The fraction of sp³-hybridized carbons (Fsp3) is 0.0800. The van der Waals surface area contributed by atoms with Crippen molar-refractivity contribution >= 4 is 24.0 Å². The van der Waals surface area contributed by atoms with Crippen LogP contribution in [0.25, 0.3) is 6.08 Å². The third-order valence-electron chi connectivity index (χ3n) is 5.03. The molecule has 3 amide bonds. The maximum Gasteiger partial charge on any atom is 0.335 e. The molecular weight excluding hydrogens is 427 g/mol. The molecule has 33 heavy (non-hydrogen) atoms. The number of ether oxygens (including phenoxy) is 1. The molecule has 3 aromatic rings. The van der Waals surface area contributed by atoms with Gasteiger partial charge in [-0.25, -0.2) is 14.0 Å². The van der Waals surface area contributed by atoms with Crippen molar-refractivity contribution in [3.8, 4) is 5.75 Å². The van der Waals surface area contributed by atoms with E-state index in [1.807, 2.05) is 0 Å². The van der Waals surface area contributed by atoms with E-state index in [9.17, 15) is 18.8 Å². The van der Waals surface area contributed by atoms with Gasteiger partial charge in [0.05, 0.1) is 12.1 Å². The monoisotopic (exact) mass is 446 g/mol. The predicted molar refractivity (Wildman–Crippen MR) is 118 cm³/mol. The van der Waals surface area contributed by atoms with Crippen LogP contribution >= 0.6 is 0 Å². The molecule has 1 heterocycles. The van der Waals surface area contributed by atoms with E-state index in [0.29, 0.717) is 16.9 Å². The summed E-state index contributed by atoms with van der Waals surface area (Å²) in [5.74, 6) is -1.41. The van der Waals surface area contributed by atoms with Crippen LogP contribution in [0.1, 0.15) is 27.0 Å². The van der Waals surface area contributed by atoms with Gasteiger partial charge in [-0.3, -0.25) is 9.69 Å². The lowest BCUT2D eigenvalue weighted by Gasteiger charge is -2.12. The molecule has 0 unspecified atom stereocenters. The molecule has 0 radical (unpaired) electrons. The number of carbonyl (C=O) groups is 3. The molecule has 0 spiro atoms. The molecular formula is C25H19FN2O5. The standard InChI is InChI=1S/C25H19FN2O5/c26-20-11-7-16(8-12-20)14-28-23(29)21(27-25(28)32)13-19-3-1-2-4-22(19)33-15-17-5-9-18(10-6-17)24(30)31/h1-13H,14-15H2,(H,27,32)(H,30,31). The fourth-order valence-corrected chi connectivity index (χ4v) is 3.28. The predicted octanol–water partition coefficient (Wildman–Crippen LogP) is 4.20. The Balaban J connectivity index is 1.48. The van der Waals surface area contributed by atoms with E-state index in [2.05, 4.69) is 5.32 Å². The molecule has 1 fully saturated rings. The number of para-hydroxylation sites is 1. The first-order valence-corrected chi connectivity index (χ1v) is 10.0. The Bertz CT molecular complexity index is 1240. The molecule has 8 heteroatoms. The molecule has 0 aliphatic carbocycles. The normalized spacial score (nSPS) is 14.5. The van der Waals surface area contributed by atoms with Crippen molar-refractivity contribution in [2.45, 2.75) is 13.2 Å². The van der Waals surface area contributed by atoms with E-state index >= 15 is 0 Å².